The molecule has 0 aliphatic carbocycles. The summed E-state index contributed by atoms with van der Waals surface area (Å²) >= 11 is 0. The Labute approximate surface area is 170 Å². The summed E-state index contributed by atoms with van der Waals surface area (Å²) in [6.07, 6.45) is -3.96. The highest BCUT2D eigenvalue weighted by atomic mass is 19.4. The molecule has 0 saturated carbocycles. The van der Waals surface area contributed by atoms with Crippen LogP contribution in [0, 0.1) is 0 Å². The lowest BCUT2D eigenvalue weighted by Crippen LogP contribution is -2.41. The van der Waals surface area contributed by atoms with E-state index < -0.39 is 12.4 Å². The van der Waals surface area contributed by atoms with Crippen LogP contribution in [-0.2, 0) is 0 Å². The molecule has 3 rings (SSSR count). The van der Waals surface area contributed by atoms with Crippen LogP contribution >= 0.6 is 0 Å². The zero-order valence-corrected chi connectivity index (χ0v) is 15.8. The number of anilines is 1. The van der Waals surface area contributed by atoms with Crippen molar-refractivity contribution in [1.82, 2.24) is 4.90 Å². The number of likely N-dealkylation sites (tertiary alicyclic amines) is 1. The number of amides is 3. The van der Waals surface area contributed by atoms with Crippen LogP contribution in [0.4, 0.5) is 23.7 Å². The number of urea groups is 1. The standard InChI is InChI=1S/C20H20F3N3O4/c21-20(22,23)30-17-6-2-5-16(12-17)29-15-7-9-26(10-8-15)18(27)13-3-1-4-14(11-13)25-19(24)28/h1-6,11-12,15H,7-10H2,(H3,24,25,28). The largest absolute Gasteiger partial charge is 0.573 e. The summed E-state index contributed by atoms with van der Waals surface area (Å²) < 4.78 is 46.7. The summed E-state index contributed by atoms with van der Waals surface area (Å²) in [6.45, 7) is 0.853. The molecule has 0 spiro atoms. The van der Waals surface area contributed by atoms with Crippen LogP contribution in [0.15, 0.2) is 48.5 Å². The van der Waals surface area contributed by atoms with Crippen LogP contribution < -0.4 is 20.5 Å². The van der Waals surface area contributed by atoms with Gasteiger partial charge in [0.15, 0.2) is 0 Å². The van der Waals surface area contributed by atoms with E-state index in [0.717, 1.165) is 0 Å². The Morgan fingerprint density at radius 1 is 1.03 bits per heavy atom. The Morgan fingerprint density at radius 2 is 1.70 bits per heavy atom. The third-order valence-electron chi connectivity index (χ3n) is 4.45. The quantitative estimate of drug-likeness (QED) is 0.766. The summed E-state index contributed by atoms with van der Waals surface area (Å²) in [6, 6.07) is 11.1. The maximum Gasteiger partial charge on any atom is 0.573 e. The monoisotopic (exact) mass is 423 g/mol. The third kappa shape index (κ3) is 6.03. The first-order chi connectivity index (χ1) is 14.2. The number of hydrogen-bond donors (Lipinski definition) is 2. The van der Waals surface area contributed by atoms with E-state index in [1.807, 2.05) is 0 Å². The summed E-state index contributed by atoms with van der Waals surface area (Å²) in [5, 5.41) is 2.42. The van der Waals surface area contributed by atoms with E-state index in [1.54, 1.807) is 35.2 Å². The molecule has 0 radical (unpaired) electrons. The third-order valence-corrected chi connectivity index (χ3v) is 4.45. The molecule has 3 N–H and O–H groups in total. The predicted octanol–water partition coefficient (Wildman–Crippen LogP) is 3.76. The fourth-order valence-corrected chi connectivity index (χ4v) is 3.17. The number of ether oxygens (including phenoxy) is 2. The van der Waals surface area contributed by atoms with Gasteiger partial charge in [0, 0.05) is 43.2 Å². The van der Waals surface area contributed by atoms with Gasteiger partial charge in [0.05, 0.1) is 0 Å². The van der Waals surface area contributed by atoms with Gasteiger partial charge in [0.25, 0.3) is 5.91 Å². The van der Waals surface area contributed by atoms with Gasteiger partial charge in [0.1, 0.15) is 17.6 Å². The summed E-state index contributed by atoms with van der Waals surface area (Å²) in [5.41, 5.74) is 5.93. The van der Waals surface area contributed by atoms with E-state index in [2.05, 4.69) is 10.1 Å². The Balaban J connectivity index is 1.55. The SMILES string of the molecule is NC(=O)Nc1cccc(C(=O)N2CCC(Oc3cccc(OC(F)(F)F)c3)CC2)c1. The number of piperidine rings is 1. The van der Waals surface area contributed by atoms with Crippen molar-refractivity contribution >= 4 is 17.6 Å². The second kappa shape index (κ2) is 8.93. The molecule has 0 atom stereocenters. The lowest BCUT2D eigenvalue weighted by atomic mass is 10.1. The lowest BCUT2D eigenvalue weighted by Gasteiger charge is -2.32. The lowest BCUT2D eigenvalue weighted by molar-refractivity contribution is -0.274. The fourth-order valence-electron chi connectivity index (χ4n) is 3.17. The number of nitrogens with two attached hydrogens (primary N) is 1. The summed E-state index contributed by atoms with van der Waals surface area (Å²) in [7, 11) is 0. The first kappa shape index (κ1) is 21.3. The number of alkyl halides is 3. The Kier molecular flexibility index (Phi) is 6.34. The average Bonchev–Trinajstić information content (AvgIpc) is 2.67. The molecule has 0 aromatic heterocycles. The van der Waals surface area contributed by atoms with Gasteiger partial charge >= 0.3 is 12.4 Å². The highest BCUT2D eigenvalue weighted by molar-refractivity contribution is 5.96. The second-order valence-corrected chi connectivity index (χ2v) is 6.70. The minimum atomic E-state index is -4.77. The summed E-state index contributed by atoms with van der Waals surface area (Å²) in [4.78, 5) is 25.3. The van der Waals surface area contributed by atoms with Gasteiger partial charge in [-0.1, -0.05) is 12.1 Å². The smallest absolute Gasteiger partial charge is 0.490 e. The van der Waals surface area contributed by atoms with Crippen molar-refractivity contribution in [2.24, 2.45) is 5.73 Å². The summed E-state index contributed by atoms with van der Waals surface area (Å²) in [5.74, 6) is -0.272. The van der Waals surface area contributed by atoms with Crippen molar-refractivity contribution < 1.29 is 32.2 Å². The highest BCUT2D eigenvalue weighted by Gasteiger charge is 2.31. The molecule has 1 fully saturated rings. The van der Waals surface area contributed by atoms with Crippen LogP contribution in [0.3, 0.4) is 0 Å². The molecule has 160 valence electrons. The van der Waals surface area contributed by atoms with Gasteiger partial charge in [-0.15, -0.1) is 13.2 Å². The van der Waals surface area contributed by atoms with Gasteiger partial charge in [0.2, 0.25) is 0 Å². The maximum absolute atomic E-state index is 12.7. The minimum Gasteiger partial charge on any atom is -0.490 e. The maximum atomic E-state index is 12.7. The van der Waals surface area contributed by atoms with Crippen molar-refractivity contribution in [3.8, 4) is 11.5 Å². The molecule has 1 aliphatic heterocycles. The molecular weight excluding hydrogens is 403 g/mol. The van der Waals surface area contributed by atoms with Gasteiger partial charge in [-0.25, -0.2) is 4.79 Å². The predicted molar refractivity (Wildman–Crippen MR) is 102 cm³/mol. The molecule has 30 heavy (non-hydrogen) atoms. The molecule has 1 saturated heterocycles. The number of rotatable bonds is 5. The van der Waals surface area contributed by atoms with Crippen molar-refractivity contribution in [3.05, 3.63) is 54.1 Å². The van der Waals surface area contributed by atoms with E-state index in [4.69, 9.17) is 10.5 Å². The molecular formula is C20H20F3N3O4. The number of hydrogen-bond acceptors (Lipinski definition) is 4. The number of carbonyl (C=O) groups excluding carboxylic acids is 2. The molecule has 7 nitrogen and oxygen atoms in total. The first-order valence-electron chi connectivity index (χ1n) is 9.18. The average molecular weight is 423 g/mol. The van der Waals surface area contributed by atoms with E-state index in [1.165, 1.54) is 18.2 Å². The molecule has 2 aromatic rings. The zero-order valence-electron chi connectivity index (χ0n) is 15.8. The Morgan fingerprint density at radius 3 is 2.37 bits per heavy atom. The first-order valence-corrected chi connectivity index (χ1v) is 9.18. The van der Waals surface area contributed by atoms with Gasteiger partial charge in [-0.3, -0.25) is 4.79 Å². The van der Waals surface area contributed by atoms with Crippen LogP contribution in [0.2, 0.25) is 0 Å². The van der Waals surface area contributed by atoms with Crippen LogP contribution in [0.25, 0.3) is 0 Å². The number of carbonyl (C=O) groups is 2. The van der Waals surface area contributed by atoms with Crippen molar-refractivity contribution in [2.45, 2.75) is 25.3 Å². The molecule has 1 heterocycles. The van der Waals surface area contributed by atoms with Gasteiger partial charge in [-0.05, 0) is 30.3 Å². The normalized spacial score (nSPS) is 14.8. The minimum absolute atomic E-state index is 0.192. The Hall–Kier alpha value is -3.43. The number of benzene rings is 2. The molecule has 10 heteroatoms. The van der Waals surface area contributed by atoms with E-state index >= 15 is 0 Å². The zero-order chi connectivity index (χ0) is 21.7. The second-order valence-electron chi connectivity index (χ2n) is 6.70. The molecule has 1 aliphatic rings. The van der Waals surface area contributed by atoms with Crippen LogP contribution in [0.5, 0.6) is 11.5 Å². The number of primary amides is 1. The number of nitrogens with one attached hydrogen (secondary N) is 1. The Bertz CT molecular complexity index is 912. The van der Waals surface area contributed by atoms with Crippen molar-refractivity contribution in [2.75, 3.05) is 18.4 Å². The molecule has 0 unspecified atom stereocenters. The van der Waals surface area contributed by atoms with Crippen molar-refractivity contribution in [1.29, 1.82) is 0 Å². The van der Waals surface area contributed by atoms with E-state index in [-0.39, 0.29) is 23.5 Å². The van der Waals surface area contributed by atoms with Crippen molar-refractivity contribution in [3.63, 3.8) is 0 Å². The van der Waals surface area contributed by atoms with Gasteiger partial charge < -0.3 is 25.4 Å². The fraction of sp³-hybridized carbons (Fsp3) is 0.300. The van der Waals surface area contributed by atoms with Gasteiger partial charge in [-0.2, -0.15) is 0 Å². The van der Waals surface area contributed by atoms with Crippen LogP contribution in [0.1, 0.15) is 23.2 Å². The number of halogens is 3. The molecule has 3 amide bonds. The van der Waals surface area contributed by atoms with Crippen LogP contribution in [-0.4, -0.2) is 42.4 Å². The molecule has 0 bridgehead atoms. The van der Waals surface area contributed by atoms with E-state index in [0.29, 0.717) is 37.2 Å². The molecule has 2 aromatic carbocycles. The highest BCUT2D eigenvalue weighted by Crippen LogP contribution is 2.28. The van der Waals surface area contributed by atoms with E-state index in [9.17, 15) is 22.8 Å². The number of nitrogens with zero attached hydrogens (tertiary/aromatic N) is 1. The topological polar surface area (TPSA) is 93.9 Å².